The highest BCUT2D eigenvalue weighted by Crippen LogP contribution is 2.31. The van der Waals surface area contributed by atoms with E-state index < -0.39 is 15.7 Å². The van der Waals surface area contributed by atoms with Crippen LogP contribution in [0.4, 0.5) is 4.39 Å². The second kappa shape index (κ2) is 6.08. The molecule has 2 N–H and O–H groups in total. The van der Waals surface area contributed by atoms with E-state index in [2.05, 4.69) is 5.73 Å². The lowest BCUT2D eigenvalue weighted by atomic mass is 9.95. The zero-order chi connectivity index (χ0) is 16.4. The minimum absolute atomic E-state index is 0.0575. The van der Waals surface area contributed by atoms with Gasteiger partial charge in [-0.15, -0.1) is 0 Å². The highest BCUT2D eigenvalue weighted by molar-refractivity contribution is 7.89. The lowest BCUT2D eigenvalue weighted by molar-refractivity contribution is 0.0973. The fraction of sp³-hybridized carbons (Fsp3) is 0.538. The summed E-state index contributed by atoms with van der Waals surface area (Å²) in [6, 6.07) is 4.24. The van der Waals surface area contributed by atoms with Crippen LogP contribution >= 0.6 is 11.6 Å². The minimum atomic E-state index is -3.72. The van der Waals surface area contributed by atoms with Crippen molar-refractivity contribution in [3.8, 4) is 5.75 Å². The molecule has 8 heteroatoms. The molecule has 1 fully saturated rings. The molecule has 1 heterocycles. The van der Waals surface area contributed by atoms with Gasteiger partial charge in [0.1, 0.15) is 12.8 Å². The molecule has 5 nitrogen and oxygen atoms in total. The largest absolute Gasteiger partial charge is 0.495 e. The van der Waals surface area contributed by atoms with E-state index in [4.69, 9.17) is 17.7 Å². The first-order valence-electron chi connectivity index (χ1n) is 7.00. The Balaban J connectivity index is 2.17. The fourth-order valence-corrected chi connectivity index (χ4v) is 4.05. The van der Waals surface area contributed by atoms with Crippen molar-refractivity contribution in [3.63, 3.8) is 0 Å². The molecule has 21 heavy (non-hydrogen) atoms. The molecule has 1 aromatic carbocycles. The number of sulfonamides is 1. The van der Waals surface area contributed by atoms with E-state index in [1.807, 2.05) is 0 Å². The standard InChI is InChI=1S/C13H18ClFN2O3S/c1-20-12-3-2-10(8-11(12)14)21(18,19)17-6-4-13(15,9-16)5-7-17/h2-3,8H,4-7,9,16H2,1H3/i/hT. The van der Waals surface area contributed by atoms with Gasteiger partial charge in [0, 0.05) is 19.6 Å². The molecule has 1 aromatic rings. The van der Waals surface area contributed by atoms with Gasteiger partial charge in [-0.3, -0.25) is 0 Å². The summed E-state index contributed by atoms with van der Waals surface area (Å²) in [5.74, 6) is 0.392. The Morgan fingerprint density at radius 2 is 2.19 bits per heavy atom. The van der Waals surface area contributed by atoms with Gasteiger partial charge in [0.05, 0.1) is 17.0 Å². The SMILES string of the molecule is [3H]NCC1(F)CCN(S(=O)(=O)c2ccc(OC)c(Cl)c2)CC1. The lowest BCUT2D eigenvalue weighted by Crippen LogP contribution is -2.47. The molecule has 0 bridgehead atoms. The molecule has 0 unspecified atom stereocenters. The third kappa shape index (κ3) is 3.31. The van der Waals surface area contributed by atoms with Crippen LogP contribution in [0.5, 0.6) is 5.75 Å². The summed E-state index contributed by atoms with van der Waals surface area (Å²) in [6.45, 7) is 0.0452. The van der Waals surface area contributed by atoms with Crippen molar-refractivity contribution in [2.45, 2.75) is 23.4 Å². The number of nitrogens with two attached hydrogens (primary N) is 1. The molecule has 0 aromatic heterocycles. The van der Waals surface area contributed by atoms with Crippen molar-refractivity contribution < 1.29 is 19.0 Å². The third-order valence-electron chi connectivity index (χ3n) is 3.70. The summed E-state index contributed by atoms with van der Waals surface area (Å²) in [4.78, 5) is 0.0586. The number of piperidine rings is 1. The number of hydrogen-bond donors (Lipinski definition) is 1. The molecule has 1 aliphatic rings. The van der Waals surface area contributed by atoms with Gasteiger partial charge in [-0.1, -0.05) is 11.6 Å². The first-order valence-corrected chi connectivity index (χ1v) is 8.31. The number of methoxy groups -OCH3 is 1. The van der Waals surface area contributed by atoms with E-state index in [9.17, 15) is 12.8 Å². The van der Waals surface area contributed by atoms with E-state index in [1.165, 1.54) is 29.6 Å². The summed E-state index contributed by atoms with van der Waals surface area (Å²) in [5, 5.41) is 0.207. The third-order valence-corrected chi connectivity index (χ3v) is 5.89. The number of hydrogen-bond acceptors (Lipinski definition) is 4. The molecule has 118 valence electrons. The molecule has 0 radical (unpaired) electrons. The number of alkyl halides is 1. The first kappa shape index (κ1) is 15.0. The van der Waals surface area contributed by atoms with Gasteiger partial charge < -0.3 is 10.5 Å². The predicted molar refractivity (Wildman–Crippen MR) is 78.9 cm³/mol. The van der Waals surface area contributed by atoms with Crippen LogP contribution in [0, 0.1) is 0 Å². The van der Waals surface area contributed by atoms with E-state index in [1.54, 1.807) is 0 Å². The summed E-state index contributed by atoms with van der Waals surface area (Å²) in [6.07, 6.45) is 0.115. The molecule has 2 rings (SSSR count). The number of nitrogens with zero attached hydrogens (tertiary/aromatic N) is 1. The van der Waals surface area contributed by atoms with Gasteiger partial charge in [0.25, 0.3) is 0 Å². The molecule has 1 aliphatic heterocycles. The molecular weight excluding hydrogens is 319 g/mol. The molecule has 0 amide bonds. The smallest absolute Gasteiger partial charge is 0.243 e. The van der Waals surface area contributed by atoms with E-state index in [-0.39, 0.29) is 42.4 Å². The zero-order valence-corrected chi connectivity index (χ0v) is 13.2. The zero-order valence-electron chi connectivity index (χ0n) is 12.6. The average Bonchev–Trinajstić information content (AvgIpc) is 2.47. The Kier molecular flexibility index (Phi) is 4.35. The molecule has 0 saturated carbocycles. The highest BCUT2D eigenvalue weighted by Gasteiger charge is 2.37. The number of halogens is 2. The van der Waals surface area contributed by atoms with Crippen LogP contribution in [0.15, 0.2) is 23.1 Å². The summed E-state index contributed by atoms with van der Waals surface area (Å²) >= 11 is 5.96. The maximum absolute atomic E-state index is 14.3. The Bertz CT molecular complexity index is 636. The van der Waals surface area contributed by atoms with Crippen LogP contribution in [0.2, 0.25) is 6.43 Å². The fourth-order valence-electron chi connectivity index (χ4n) is 2.26. The lowest BCUT2D eigenvalue weighted by Gasteiger charge is -2.34. The van der Waals surface area contributed by atoms with Crippen molar-refractivity contribution in [1.29, 1.82) is 0 Å². The number of ether oxygens (including phenoxy) is 1. The quantitative estimate of drug-likeness (QED) is 0.888. The summed E-state index contributed by atoms with van der Waals surface area (Å²) in [7, 11) is -2.27. The van der Waals surface area contributed by atoms with E-state index in [0.29, 0.717) is 5.75 Å². The van der Waals surface area contributed by atoms with Gasteiger partial charge in [-0.25, -0.2) is 12.8 Å². The van der Waals surface area contributed by atoms with Crippen LogP contribution in [-0.2, 0) is 10.0 Å². The average molecular weight is 339 g/mol. The number of benzene rings is 1. The topological polar surface area (TPSA) is 72.6 Å². The monoisotopic (exact) mass is 338 g/mol. The van der Waals surface area contributed by atoms with Crippen molar-refractivity contribution in [1.82, 2.24) is 4.31 Å². The first-order chi connectivity index (χ1) is 10.3. The maximum Gasteiger partial charge on any atom is 0.243 e. The van der Waals surface area contributed by atoms with Crippen molar-refractivity contribution in [2.24, 2.45) is 5.73 Å². The van der Waals surface area contributed by atoms with Crippen LogP contribution in [0.3, 0.4) is 0 Å². The second-order valence-electron chi connectivity index (χ2n) is 5.03. The van der Waals surface area contributed by atoms with Crippen LogP contribution in [0.1, 0.15) is 12.8 Å². The van der Waals surface area contributed by atoms with Crippen LogP contribution < -0.4 is 10.5 Å². The summed E-state index contributed by atoms with van der Waals surface area (Å²) < 4.78 is 52.5. The predicted octanol–water partition coefficient (Wildman–Crippen LogP) is 1.80. The number of rotatable bonds is 5. The maximum atomic E-state index is 14.3. The molecule has 0 spiro atoms. The molecule has 0 atom stereocenters. The molecule has 1 saturated heterocycles. The Morgan fingerprint density at radius 1 is 1.52 bits per heavy atom. The Morgan fingerprint density at radius 3 is 2.71 bits per heavy atom. The Hall–Kier alpha value is -0.890. The van der Waals surface area contributed by atoms with Crippen molar-refractivity contribution >= 4 is 21.6 Å². The van der Waals surface area contributed by atoms with Crippen LogP contribution in [-0.4, -0.2) is 45.1 Å². The minimum Gasteiger partial charge on any atom is -0.495 e. The van der Waals surface area contributed by atoms with E-state index in [0.717, 1.165) is 0 Å². The van der Waals surface area contributed by atoms with Crippen molar-refractivity contribution in [3.05, 3.63) is 23.2 Å². The van der Waals surface area contributed by atoms with Crippen LogP contribution in [0.25, 0.3) is 0 Å². The van der Waals surface area contributed by atoms with Gasteiger partial charge in [-0.05, 0) is 31.0 Å². The normalized spacial score (nSPS) is 20.0. The molecule has 0 aliphatic carbocycles. The van der Waals surface area contributed by atoms with E-state index >= 15 is 0 Å². The van der Waals surface area contributed by atoms with Gasteiger partial charge in [0.2, 0.25) is 10.0 Å². The summed E-state index contributed by atoms with van der Waals surface area (Å²) in [5.41, 5.74) is 0.523. The Labute approximate surface area is 130 Å². The van der Waals surface area contributed by atoms with Gasteiger partial charge >= 0.3 is 0 Å². The van der Waals surface area contributed by atoms with Gasteiger partial charge in [0.15, 0.2) is 0 Å². The molecular formula is C13H18ClFN2O3S. The van der Waals surface area contributed by atoms with Gasteiger partial charge in [-0.2, -0.15) is 4.31 Å². The highest BCUT2D eigenvalue weighted by atomic mass is 35.5. The second-order valence-corrected chi connectivity index (χ2v) is 7.37. The van der Waals surface area contributed by atoms with Crippen molar-refractivity contribution in [2.75, 3.05) is 26.7 Å².